The van der Waals surface area contributed by atoms with Crippen LogP contribution in [0.4, 0.5) is 5.69 Å². The minimum Gasteiger partial charge on any atom is -0.267 e. The molecule has 0 atom stereocenters. The maximum Gasteiger partial charge on any atom is 0.270 e. The number of fused-ring (bicyclic) bond motifs is 1. The van der Waals surface area contributed by atoms with Crippen LogP contribution in [0, 0.1) is 0 Å². The van der Waals surface area contributed by atoms with Crippen molar-refractivity contribution >= 4 is 16.5 Å². The number of hydrogen-bond acceptors (Lipinski definition) is 3. The summed E-state index contributed by atoms with van der Waals surface area (Å²) < 4.78 is 0. The molecule has 74 valence electrons. The predicted octanol–water partition coefficient (Wildman–Crippen LogP) is 1.16. The summed E-state index contributed by atoms with van der Waals surface area (Å²) in [6, 6.07) is 4.50. The molecule has 1 aromatic carbocycles. The molecule has 2 rings (SSSR count). The Balaban J connectivity index is 3.10. The molecule has 1 aromatic heterocycles. The minimum absolute atomic E-state index is 0.0963. The Hall–Kier alpha value is -2.53. The van der Waals surface area contributed by atoms with Gasteiger partial charge in [-0.1, -0.05) is 17.2 Å². The second-order valence-corrected chi connectivity index (χ2v) is 2.80. The van der Waals surface area contributed by atoms with Crippen molar-refractivity contribution in [2.75, 3.05) is 0 Å². The fourth-order valence-corrected chi connectivity index (χ4v) is 1.34. The molecule has 2 aromatic rings. The number of hydrogen-bond donors (Lipinski definition) is 2. The zero-order valence-corrected chi connectivity index (χ0v) is 7.39. The van der Waals surface area contributed by atoms with Crippen LogP contribution < -0.4 is 11.1 Å². The highest BCUT2D eigenvalue weighted by molar-refractivity contribution is 5.90. The molecule has 0 unspecified atom stereocenters. The maximum absolute atomic E-state index is 11.4. The van der Waals surface area contributed by atoms with Gasteiger partial charge in [-0.3, -0.25) is 19.8 Å². The number of H-pyrrole nitrogens is 2. The lowest BCUT2D eigenvalue weighted by Gasteiger charge is -1.97. The van der Waals surface area contributed by atoms with Gasteiger partial charge in [-0.25, -0.2) is 0 Å². The predicted molar refractivity (Wildman–Crippen MR) is 54.0 cm³/mol. The molecule has 0 aliphatic rings. The average Bonchev–Trinajstić information content (AvgIpc) is 2.24. The van der Waals surface area contributed by atoms with Crippen molar-refractivity contribution in [1.29, 1.82) is 0 Å². The van der Waals surface area contributed by atoms with Gasteiger partial charge in [-0.2, -0.15) is 0 Å². The molecule has 0 bridgehead atoms. The van der Waals surface area contributed by atoms with Gasteiger partial charge in [0.25, 0.3) is 11.1 Å². The van der Waals surface area contributed by atoms with Crippen molar-refractivity contribution in [3.8, 4) is 0 Å². The highest BCUT2D eigenvalue weighted by Crippen LogP contribution is 2.19. The molecule has 0 amide bonds. The van der Waals surface area contributed by atoms with Gasteiger partial charge in [0.2, 0.25) is 0 Å². The zero-order chi connectivity index (χ0) is 10.8. The smallest absolute Gasteiger partial charge is 0.267 e. The Bertz CT molecular complexity index is 677. The first kappa shape index (κ1) is 9.04. The van der Waals surface area contributed by atoms with Crippen LogP contribution in [0.1, 0.15) is 0 Å². The summed E-state index contributed by atoms with van der Waals surface area (Å²) >= 11 is 0. The molecule has 2 N–H and O–H groups in total. The van der Waals surface area contributed by atoms with Gasteiger partial charge in [-0.15, -0.1) is 0 Å². The molecule has 1 heterocycles. The number of aromatic nitrogens is 2. The number of nitrogens with zero attached hydrogens (tertiary/aromatic N) is 3. The summed E-state index contributed by atoms with van der Waals surface area (Å²) in [4.78, 5) is 25.3. The lowest BCUT2D eigenvalue weighted by molar-refractivity contribution is 0.976. The van der Waals surface area contributed by atoms with Gasteiger partial charge in [0, 0.05) is 4.91 Å². The van der Waals surface area contributed by atoms with E-state index in [4.69, 9.17) is 5.53 Å². The van der Waals surface area contributed by atoms with Crippen molar-refractivity contribution in [1.82, 2.24) is 10.2 Å². The Morgan fingerprint density at radius 1 is 1.20 bits per heavy atom. The number of azide groups is 1. The van der Waals surface area contributed by atoms with E-state index in [1.165, 1.54) is 12.1 Å². The molecule has 0 spiro atoms. The molecule has 15 heavy (non-hydrogen) atoms. The van der Waals surface area contributed by atoms with Crippen LogP contribution in [0.5, 0.6) is 0 Å². The Labute approximate surface area is 82.0 Å². The van der Waals surface area contributed by atoms with Crippen LogP contribution in [-0.2, 0) is 0 Å². The Kier molecular flexibility index (Phi) is 2.00. The third kappa shape index (κ3) is 1.36. The maximum atomic E-state index is 11.4. The number of rotatable bonds is 1. The van der Waals surface area contributed by atoms with Gasteiger partial charge in [0.15, 0.2) is 0 Å². The lowest BCUT2D eigenvalue weighted by atomic mass is 10.1. The molecule has 7 nitrogen and oxygen atoms in total. The first-order chi connectivity index (χ1) is 7.24. The van der Waals surface area contributed by atoms with E-state index < -0.39 is 11.1 Å². The molecule has 0 fully saturated rings. The van der Waals surface area contributed by atoms with Gasteiger partial charge in [-0.05, 0) is 11.6 Å². The first-order valence-electron chi connectivity index (χ1n) is 4.03. The zero-order valence-electron chi connectivity index (χ0n) is 7.39. The van der Waals surface area contributed by atoms with Crippen LogP contribution >= 0.6 is 0 Å². The van der Waals surface area contributed by atoms with E-state index >= 15 is 0 Å². The third-order valence-electron chi connectivity index (χ3n) is 1.96. The second-order valence-electron chi connectivity index (χ2n) is 2.80. The van der Waals surface area contributed by atoms with Gasteiger partial charge in [0.05, 0.1) is 16.5 Å². The van der Waals surface area contributed by atoms with Crippen molar-refractivity contribution in [2.24, 2.45) is 5.11 Å². The fourth-order valence-electron chi connectivity index (χ4n) is 1.34. The molecule has 0 saturated heterocycles. The molecular weight excluding hydrogens is 198 g/mol. The average molecular weight is 203 g/mol. The van der Waals surface area contributed by atoms with Crippen LogP contribution in [0.15, 0.2) is 32.9 Å². The van der Waals surface area contributed by atoms with E-state index in [1.54, 1.807) is 6.07 Å². The van der Waals surface area contributed by atoms with E-state index in [0.717, 1.165) is 0 Å². The standard InChI is InChI=1S/C8H5N5O2/c9-13-10-5-3-1-2-4-6(5)8(15)12-11-7(4)14/h1-3H,(H,11,14)(H,12,15). The van der Waals surface area contributed by atoms with E-state index in [0.29, 0.717) is 0 Å². The van der Waals surface area contributed by atoms with Crippen LogP contribution in [0.3, 0.4) is 0 Å². The lowest BCUT2D eigenvalue weighted by Crippen LogP contribution is -2.18. The molecule has 0 radical (unpaired) electrons. The molecule has 0 saturated carbocycles. The summed E-state index contributed by atoms with van der Waals surface area (Å²) in [5, 5.41) is 7.99. The summed E-state index contributed by atoms with van der Waals surface area (Å²) in [5.74, 6) is 0. The molecule has 7 heteroatoms. The number of nitrogens with one attached hydrogen (secondary N) is 2. The molecule has 0 aliphatic carbocycles. The quantitative estimate of drug-likeness (QED) is 0.411. The summed E-state index contributed by atoms with van der Waals surface area (Å²) in [5.41, 5.74) is 7.52. The monoisotopic (exact) mass is 203 g/mol. The highest BCUT2D eigenvalue weighted by Gasteiger charge is 2.05. The second kappa shape index (κ2) is 3.32. The Morgan fingerprint density at radius 2 is 1.93 bits per heavy atom. The third-order valence-corrected chi connectivity index (χ3v) is 1.96. The van der Waals surface area contributed by atoms with Crippen molar-refractivity contribution in [2.45, 2.75) is 0 Å². The van der Waals surface area contributed by atoms with Gasteiger partial charge < -0.3 is 0 Å². The van der Waals surface area contributed by atoms with Crippen molar-refractivity contribution < 1.29 is 0 Å². The van der Waals surface area contributed by atoms with E-state index in [-0.39, 0.29) is 16.5 Å². The molecular formula is C8H5N5O2. The van der Waals surface area contributed by atoms with Gasteiger partial charge >= 0.3 is 0 Å². The summed E-state index contributed by atoms with van der Waals surface area (Å²) in [6.45, 7) is 0. The van der Waals surface area contributed by atoms with Crippen molar-refractivity contribution in [3.05, 3.63) is 49.3 Å². The molecule has 0 aliphatic heterocycles. The van der Waals surface area contributed by atoms with Crippen LogP contribution in [-0.4, -0.2) is 10.2 Å². The van der Waals surface area contributed by atoms with Crippen LogP contribution in [0.2, 0.25) is 0 Å². The normalized spacial score (nSPS) is 9.87. The summed E-state index contributed by atoms with van der Waals surface area (Å²) in [6.07, 6.45) is 0. The largest absolute Gasteiger partial charge is 0.270 e. The van der Waals surface area contributed by atoms with Gasteiger partial charge in [0.1, 0.15) is 0 Å². The van der Waals surface area contributed by atoms with E-state index in [9.17, 15) is 9.59 Å². The van der Waals surface area contributed by atoms with Crippen LogP contribution in [0.25, 0.3) is 21.2 Å². The first-order valence-corrected chi connectivity index (χ1v) is 4.03. The topological polar surface area (TPSA) is 114 Å². The number of benzene rings is 1. The van der Waals surface area contributed by atoms with Crippen molar-refractivity contribution in [3.63, 3.8) is 0 Å². The SMILES string of the molecule is [N-]=[N+]=Nc1cccc2c(=O)[nH][nH]c(=O)c12. The highest BCUT2D eigenvalue weighted by atomic mass is 16.1. The summed E-state index contributed by atoms with van der Waals surface area (Å²) in [7, 11) is 0. The van der Waals surface area contributed by atoms with E-state index in [1.807, 2.05) is 0 Å². The minimum atomic E-state index is -0.493. The fraction of sp³-hybridized carbons (Fsp3) is 0. The Morgan fingerprint density at radius 3 is 2.67 bits per heavy atom. The van der Waals surface area contributed by atoms with E-state index in [2.05, 4.69) is 20.2 Å². The number of aromatic amines is 2.